The summed E-state index contributed by atoms with van der Waals surface area (Å²) in [5.74, 6) is 0.262. The van der Waals surface area contributed by atoms with Crippen LogP contribution in [-0.4, -0.2) is 57.9 Å². The molecule has 1 aromatic rings. The zero-order valence-corrected chi connectivity index (χ0v) is 15.2. The molecule has 25 heavy (non-hydrogen) atoms. The second-order valence-electron chi connectivity index (χ2n) is 6.74. The lowest BCUT2D eigenvalue weighted by atomic mass is 10.1. The number of carbonyl (C=O) groups is 1. The minimum absolute atomic E-state index is 0.109. The molecule has 0 aliphatic carbocycles. The predicted octanol–water partition coefficient (Wildman–Crippen LogP) is 3.16. The van der Waals surface area contributed by atoms with E-state index in [9.17, 15) is 13.6 Å². The summed E-state index contributed by atoms with van der Waals surface area (Å²) in [7, 11) is 0. The molecule has 1 amide bonds. The molecule has 0 bridgehead atoms. The molecule has 1 aliphatic heterocycles. The summed E-state index contributed by atoms with van der Waals surface area (Å²) in [6, 6.07) is -0.686. The predicted molar refractivity (Wildman–Crippen MR) is 87.8 cm³/mol. The van der Waals surface area contributed by atoms with Crippen LogP contribution in [-0.2, 0) is 9.47 Å². The van der Waals surface area contributed by atoms with E-state index in [-0.39, 0.29) is 12.5 Å². The van der Waals surface area contributed by atoms with Gasteiger partial charge in [0.05, 0.1) is 29.6 Å². The van der Waals surface area contributed by atoms with Crippen LogP contribution in [0.5, 0.6) is 0 Å². The minimum Gasteiger partial charge on any atom is -0.444 e. The maximum Gasteiger partial charge on any atom is 0.410 e. The van der Waals surface area contributed by atoms with Gasteiger partial charge in [-0.05, 0) is 27.7 Å². The quantitative estimate of drug-likeness (QED) is 0.870. The van der Waals surface area contributed by atoms with E-state index < -0.39 is 36.5 Å². The maximum absolute atomic E-state index is 13.7. The molecule has 1 aliphatic rings. The Bertz CT molecular complexity index is 610. The van der Waals surface area contributed by atoms with E-state index in [1.807, 2.05) is 0 Å². The summed E-state index contributed by atoms with van der Waals surface area (Å²) in [6.07, 6.45) is -2.39. The number of morpholine rings is 1. The lowest BCUT2D eigenvalue weighted by Gasteiger charge is -2.43. The lowest BCUT2D eigenvalue weighted by Crippen LogP contribution is -2.61. The van der Waals surface area contributed by atoms with Crippen LogP contribution in [0.15, 0.2) is 12.4 Å². The van der Waals surface area contributed by atoms with Gasteiger partial charge >= 0.3 is 12.2 Å². The van der Waals surface area contributed by atoms with Gasteiger partial charge in [-0.2, -0.15) is 8.78 Å². The normalized spacial score (nSPS) is 23.2. The SMILES string of the molecule is C[C@@H]1OC(F)(F)CN(C(=O)OC(C)(C)C)[C@@H]1CNc1ncc(Cl)cn1. The molecule has 0 saturated carbocycles. The first-order valence-electron chi connectivity index (χ1n) is 7.73. The molecule has 7 nitrogen and oxygen atoms in total. The molecule has 0 aromatic carbocycles. The van der Waals surface area contributed by atoms with Gasteiger partial charge in [-0.3, -0.25) is 4.90 Å². The fraction of sp³-hybridized carbons (Fsp3) is 0.667. The van der Waals surface area contributed by atoms with Crippen LogP contribution >= 0.6 is 11.6 Å². The number of hydrogen-bond donors (Lipinski definition) is 1. The molecule has 140 valence electrons. The largest absolute Gasteiger partial charge is 0.444 e. The molecule has 0 radical (unpaired) electrons. The third-order valence-electron chi connectivity index (χ3n) is 3.37. The zero-order chi connectivity index (χ0) is 18.8. The summed E-state index contributed by atoms with van der Waals surface area (Å²) in [5.41, 5.74) is -0.800. The van der Waals surface area contributed by atoms with Crippen molar-refractivity contribution in [3.8, 4) is 0 Å². The Kier molecular flexibility index (Phi) is 5.68. The Morgan fingerprint density at radius 2 is 2.08 bits per heavy atom. The van der Waals surface area contributed by atoms with Crippen molar-refractivity contribution in [1.82, 2.24) is 14.9 Å². The van der Waals surface area contributed by atoms with Crippen LogP contribution in [0.25, 0.3) is 0 Å². The van der Waals surface area contributed by atoms with Crippen molar-refractivity contribution >= 4 is 23.6 Å². The summed E-state index contributed by atoms with van der Waals surface area (Å²) in [6.45, 7) is 5.70. The maximum atomic E-state index is 13.7. The van der Waals surface area contributed by atoms with E-state index in [4.69, 9.17) is 21.1 Å². The fourth-order valence-corrected chi connectivity index (χ4v) is 2.45. The zero-order valence-electron chi connectivity index (χ0n) is 14.4. The second kappa shape index (κ2) is 7.25. The molecule has 1 aromatic heterocycles. The van der Waals surface area contributed by atoms with Gasteiger partial charge in [0, 0.05) is 6.54 Å². The van der Waals surface area contributed by atoms with Crippen LogP contribution in [0.4, 0.5) is 19.5 Å². The van der Waals surface area contributed by atoms with E-state index in [2.05, 4.69) is 15.3 Å². The third-order valence-corrected chi connectivity index (χ3v) is 3.57. The fourth-order valence-electron chi connectivity index (χ4n) is 2.35. The van der Waals surface area contributed by atoms with Gasteiger partial charge < -0.3 is 14.8 Å². The highest BCUT2D eigenvalue weighted by atomic mass is 35.5. The van der Waals surface area contributed by atoms with E-state index >= 15 is 0 Å². The number of ether oxygens (including phenoxy) is 2. The molecule has 1 fully saturated rings. The van der Waals surface area contributed by atoms with Crippen LogP contribution in [0.2, 0.25) is 5.02 Å². The van der Waals surface area contributed by atoms with Crippen molar-refractivity contribution in [2.45, 2.75) is 51.6 Å². The van der Waals surface area contributed by atoms with E-state index in [0.717, 1.165) is 4.90 Å². The number of amides is 1. The number of hydrogen-bond acceptors (Lipinski definition) is 6. The Hall–Kier alpha value is -1.74. The number of nitrogens with zero attached hydrogens (tertiary/aromatic N) is 3. The number of anilines is 1. The lowest BCUT2D eigenvalue weighted by molar-refractivity contribution is -0.300. The summed E-state index contributed by atoms with van der Waals surface area (Å²) >= 11 is 5.72. The minimum atomic E-state index is -3.44. The average Bonchev–Trinajstić information content (AvgIpc) is 2.45. The van der Waals surface area contributed by atoms with Gasteiger partial charge in [0.25, 0.3) is 0 Å². The van der Waals surface area contributed by atoms with E-state index in [1.54, 1.807) is 20.8 Å². The van der Waals surface area contributed by atoms with Gasteiger partial charge in [-0.1, -0.05) is 11.6 Å². The number of aromatic nitrogens is 2. The standard InChI is InChI=1S/C15H21ClF2N4O3/c1-9-11(7-21-12-19-5-10(16)6-20-12)22(8-15(17,18)24-9)13(23)25-14(2,3)4/h5-6,9,11H,7-8H2,1-4H3,(H,19,20,21)/t9-,11+/m0/s1. The van der Waals surface area contributed by atoms with Gasteiger partial charge in [0.1, 0.15) is 12.1 Å². The molecule has 1 saturated heterocycles. The molecule has 10 heteroatoms. The van der Waals surface area contributed by atoms with Crippen molar-refractivity contribution in [3.05, 3.63) is 17.4 Å². The van der Waals surface area contributed by atoms with Gasteiger partial charge in [-0.15, -0.1) is 0 Å². The van der Waals surface area contributed by atoms with Crippen LogP contribution in [0.3, 0.4) is 0 Å². The van der Waals surface area contributed by atoms with Gasteiger partial charge in [-0.25, -0.2) is 14.8 Å². The number of halogens is 3. The molecule has 2 heterocycles. The Morgan fingerprint density at radius 3 is 2.64 bits per heavy atom. The first-order chi connectivity index (χ1) is 11.5. The van der Waals surface area contributed by atoms with Crippen LogP contribution in [0.1, 0.15) is 27.7 Å². The van der Waals surface area contributed by atoms with Crippen LogP contribution in [0, 0.1) is 0 Å². The molecule has 0 unspecified atom stereocenters. The van der Waals surface area contributed by atoms with Crippen molar-refractivity contribution in [2.75, 3.05) is 18.4 Å². The summed E-state index contributed by atoms with van der Waals surface area (Å²) in [5, 5.41) is 3.26. The highest BCUT2D eigenvalue weighted by Crippen LogP contribution is 2.30. The Balaban J connectivity index is 2.12. The third kappa shape index (κ3) is 5.64. The average molecular weight is 379 g/mol. The van der Waals surface area contributed by atoms with Crippen molar-refractivity contribution in [1.29, 1.82) is 0 Å². The van der Waals surface area contributed by atoms with Crippen molar-refractivity contribution in [2.24, 2.45) is 0 Å². The smallest absolute Gasteiger partial charge is 0.410 e. The molecule has 2 rings (SSSR count). The topological polar surface area (TPSA) is 76.6 Å². The Morgan fingerprint density at radius 1 is 1.48 bits per heavy atom. The summed E-state index contributed by atoms with van der Waals surface area (Å²) in [4.78, 5) is 21.3. The number of carbonyl (C=O) groups excluding carboxylic acids is 1. The van der Waals surface area contributed by atoms with Gasteiger partial charge in [0.2, 0.25) is 5.95 Å². The van der Waals surface area contributed by atoms with Crippen molar-refractivity contribution < 1.29 is 23.0 Å². The highest BCUT2D eigenvalue weighted by molar-refractivity contribution is 6.30. The van der Waals surface area contributed by atoms with E-state index in [0.29, 0.717) is 5.02 Å². The molecular formula is C15H21ClF2N4O3. The van der Waals surface area contributed by atoms with Crippen LogP contribution < -0.4 is 5.32 Å². The van der Waals surface area contributed by atoms with Crippen molar-refractivity contribution in [3.63, 3.8) is 0 Å². The molecule has 0 spiro atoms. The number of nitrogens with one attached hydrogen (secondary N) is 1. The van der Waals surface area contributed by atoms with E-state index in [1.165, 1.54) is 19.3 Å². The number of alkyl halides is 2. The van der Waals surface area contributed by atoms with Gasteiger partial charge in [0.15, 0.2) is 0 Å². The second-order valence-corrected chi connectivity index (χ2v) is 7.18. The summed E-state index contributed by atoms with van der Waals surface area (Å²) < 4.78 is 37.5. The monoisotopic (exact) mass is 378 g/mol. The highest BCUT2D eigenvalue weighted by Gasteiger charge is 2.48. The molecule has 2 atom stereocenters. The molecular weight excluding hydrogens is 358 g/mol. The molecule has 1 N–H and O–H groups in total. The Labute approximate surface area is 149 Å². The first-order valence-corrected chi connectivity index (χ1v) is 8.11. The number of rotatable bonds is 3. The first kappa shape index (κ1) is 19.6.